The van der Waals surface area contributed by atoms with Crippen molar-refractivity contribution in [1.29, 1.82) is 0 Å². The first-order chi connectivity index (χ1) is 12.5. The predicted octanol–water partition coefficient (Wildman–Crippen LogP) is 2.56. The number of hydrogen-bond donors (Lipinski definition) is 3. The van der Waals surface area contributed by atoms with E-state index in [9.17, 15) is 14.4 Å². The summed E-state index contributed by atoms with van der Waals surface area (Å²) >= 11 is 5.83. The van der Waals surface area contributed by atoms with Gasteiger partial charge in [-0.1, -0.05) is 23.7 Å². The first kappa shape index (κ1) is 17.8. The van der Waals surface area contributed by atoms with E-state index in [1.54, 1.807) is 48.5 Å². The van der Waals surface area contributed by atoms with E-state index < -0.39 is 0 Å². The highest BCUT2D eigenvalue weighted by Crippen LogP contribution is 2.22. The largest absolute Gasteiger partial charge is 0.374 e. The minimum atomic E-state index is -0.388. The molecule has 1 aliphatic rings. The highest BCUT2D eigenvalue weighted by Gasteiger charge is 2.25. The Bertz CT molecular complexity index is 839. The average Bonchev–Trinajstić information content (AvgIpc) is 3.07. The van der Waals surface area contributed by atoms with Crippen LogP contribution in [0.3, 0.4) is 0 Å². The molecule has 3 N–H and O–H groups in total. The Labute approximate surface area is 155 Å². The molecule has 0 atom stereocenters. The number of nitrogens with zero attached hydrogens (tertiary/aromatic N) is 1. The van der Waals surface area contributed by atoms with Crippen molar-refractivity contribution in [2.75, 3.05) is 30.3 Å². The van der Waals surface area contributed by atoms with E-state index in [4.69, 9.17) is 11.6 Å². The van der Waals surface area contributed by atoms with Gasteiger partial charge in [0.2, 0.25) is 5.91 Å². The van der Waals surface area contributed by atoms with Crippen LogP contribution in [-0.4, -0.2) is 42.4 Å². The van der Waals surface area contributed by atoms with Crippen LogP contribution in [-0.2, 0) is 4.79 Å². The standard InChI is InChI=1S/C18H17ClN4O3/c19-13-7-5-12(6-8-13)17(25)22-15-4-2-1-3-14(15)21-11-16(24)23-10-9-20-18(23)26/h1-8,21H,9-11H2,(H,20,26)(H,22,25). The van der Waals surface area contributed by atoms with Gasteiger partial charge in [-0.3, -0.25) is 14.5 Å². The Balaban J connectivity index is 1.66. The van der Waals surface area contributed by atoms with E-state index in [1.807, 2.05) is 0 Å². The molecule has 0 saturated carbocycles. The van der Waals surface area contributed by atoms with Gasteiger partial charge in [0.05, 0.1) is 17.9 Å². The molecule has 0 spiro atoms. The monoisotopic (exact) mass is 372 g/mol. The summed E-state index contributed by atoms with van der Waals surface area (Å²) < 4.78 is 0. The first-order valence-electron chi connectivity index (χ1n) is 8.02. The summed E-state index contributed by atoms with van der Waals surface area (Å²) in [4.78, 5) is 37.2. The molecule has 26 heavy (non-hydrogen) atoms. The molecular formula is C18H17ClN4O3. The van der Waals surface area contributed by atoms with Crippen LogP contribution in [0.4, 0.5) is 16.2 Å². The molecule has 2 aromatic rings. The van der Waals surface area contributed by atoms with Crippen molar-refractivity contribution < 1.29 is 14.4 Å². The van der Waals surface area contributed by atoms with Crippen molar-refractivity contribution in [3.8, 4) is 0 Å². The second-order valence-corrected chi connectivity index (χ2v) is 6.07. The molecule has 8 heteroatoms. The van der Waals surface area contributed by atoms with Gasteiger partial charge in [0.15, 0.2) is 0 Å². The molecule has 1 aliphatic heterocycles. The number of amides is 4. The summed E-state index contributed by atoms with van der Waals surface area (Å²) in [7, 11) is 0. The van der Waals surface area contributed by atoms with Crippen molar-refractivity contribution in [2.45, 2.75) is 0 Å². The topological polar surface area (TPSA) is 90.5 Å². The zero-order chi connectivity index (χ0) is 18.5. The van der Waals surface area contributed by atoms with E-state index in [1.165, 1.54) is 0 Å². The fourth-order valence-electron chi connectivity index (χ4n) is 2.52. The van der Waals surface area contributed by atoms with Gasteiger partial charge < -0.3 is 16.0 Å². The van der Waals surface area contributed by atoms with E-state index >= 15 is 0 Å². The molecule has 4 amide bonds. The Morgan fingerprint density at radius 3 is 2.42 bits per heavy atom. The summed E-state index contributed by atoms with van der Waals surface area (Å²) in [6.07, 6.45) is 0. The summed E-state index contributed by atoms with van der Waals surface area (Å²) in [5.74, 6) is -0.625. The van der Waals surface area contributed by atoms with Gasteiger partial charge in [0.1, 0.15) is 0 Å². The molecule has 0 bridgehead atoms. The molecule has 1 heterocycles. The minimum absolute atomic E-state index is 0.0543. The fraction of sp³-hybridized carbons (Fsp3) is 0.167. The fourth-order valence-corrected chi connectivity index (χ4v) is 2.64. The summed E-state index contributed by atoms with van der Waals surface area (Å²) in [6.45, 7) is 0.758. The summed E-state index contributed by atoms with van der Waals surface area (Å²) in [6, 6.07) is 13.2. The number of benzene rings is 2. The van der Waals surface area contributed by atoms with E-state index in [2.05, 4.69) is 16.0 Å². The van der Waals surface area contributed by atoms with Crippen molar-refractivity contribution >= 4 is 40.8 Å². The number of halogens is 1. The zero-order valence-electron chi connectivity index (χ0n) is 13.8. The number of imide groups is 1. The van der Waals surface area contributed by atoms with Crippen LogP contribution in [0, 0.1) is 0 Å². The number of nitrogens with one attached hydrogen (secondary N) is 3. The smallest absolute Gasteiger partial charge is 0.324 e. The van der Waals surface area contributed by atoms with Gasteiger partial charge in [-0.2, -0.15) is 0 Å². The quantitative estimate of drug-likeness (QED) is 0.752. The third-order valence-corrected chi connectivity index (χ3v) is 4.12. The number of anilines is 2. The molecule has 7 nitrogen and oxygen atoms in total. The Morgan fingerprint density at radius 2 is 1.77 bits per heavy atom. The number of carbonyl (C=O) groups is 3. The highest BCUT2D eigenvalue weighted by atomic mass is 35.5. The molecule has 2 aromatic carbocycles. The Morgan fingerprint density at radius 1 is 1.08 bits per heavy atom. The first-order valence-corrected chi connectivity index (χ1v) is 8.40. The second kappa shape index (κ2) is 7.88. The molecule has 0 unspecified atom stereocenters. The third-order valence-electron chi connectivity index (χ3n) is 3.87. The lowest BCUT2D eigenvalue weighted by Crippen LogP contribution is -2.38. The van der Waals surface area contributed by atoms with Crippen molar-refractivity contribution in [3.63, 3.8) is 0 Å². The lowest BCUT2D eigenvalue weighted by atomic mass is 10.2. The van der Waals surface area contributed by atoms with Gasteiger partial charge in [-0.15, -0.1) is 0 Å². The number of carbonyl (C=O) groups excluding carboxylic acids is 3. The van der Waals surface area contributed by atoms with E-state index in [-0.39, 0.29) is 24.4 Å². The normalized spacial score (nSPS) is 13.3. The highest BCUT2D eigenvalue weighted by molar-refractivity contribution is 6.30. The lowest BCUT2D eigenvalue weighted by Gasteiger charge is -2.16. The molecule has 0 aromatic heterocycles. The Kier molecular flexibility index (Phi) is 5.38. The van der Waals surface area contributed by atoms with Crippen LogP contribution >= 0.6 is 11.6 Å². The van der Waals surface area contributed by atoms with Crippen LogP contribution in [0.5, 0.6) is 0 Å². The number of para-hydroxylation sites is 2. The minimum Gasteiger partial charge on any atom is -0.374 e. The number of rotatable bonds is 5. The summed E-state index contributed by atoms with van der Waals surface area (Å²) in [5, 5.41) is 8.90. The summed E-state index contributed by atoms with van der Waals surface area (Å²) in [5.41, 5.74) is 1.59. The van der Waals surface area contributed by atoms with Gasteiger partial charge >= 0.3 is 6.03 Å². The molecule has 1 fully saturated rings. The van der Waals surface area contributed by atoms with Crippen molar-refractivity contribution in [3.05, 3.63) is 59.1 Å². The number of hydrogen-bond acceptors (Lipinski definition) is 4. The van der Waals surface area contributed by atoms with Crippen LogP contribution in [0.2, 0.25) is 5.02 Å². The maximum Gasteiger partial charge on any atom is 0.324 e. The molecule has 0 aliphatic carbocycles. The second-order valence-electron chi connectivity index (χ2n) is 5.64. The van der Waals surface area contributed by atoms with Gasteiger partial charge in [0, 0.05) is 23.7 Å². The zero-order valence-corrected chi connectivity index (χ0v) is 14.5. The van der Waals surface area contributed by atoms with Crippen LogP contribution < -0.4 is 16.0 Å². The third kappa shape index (κ3) is 4.12. The Hall–Kier alpha value is -3.06. The van der Waals surface area contributed by atoms with Gasteiger partial charge in [-0.05, 0) is 36.4 Å². The maximum atomic E-state index is 12.4. The van der Waals surface area contributed by atoms with Crippen LogP contribution in [0.1, 0.15) is 10.4 Å². The maximum absolute atomic E-state index is 12.4. The lowest BCUT2D eigenvalue weighted by molar-refractivity contribution is -0.125. The molecule has 1 saturated heterocycles. The van der Waals surface area contributed by atoms with Crippen molar-refractivity contribution in [1.82, 2.24) is 10.2 Å². The molecule has 134 valence electrons. The van der Waals surface area contributed by atoms with Crippen LogP contribution in [0.15, 0.2) is 48.5 Å². The van der Waals surface area contributed by atoms with Gasteiger partial charge in [0.25, 0.3) is 5.91 Å². The van der Waals surface area contributed by atoms with E-state index in [0.29, 0.717) is 35.1 Å². The molecule has 3 rings (SSSR count). The predicted molar refractivity (Wildman–Crippen MR) is 99.4 cm³/mol. The molecule has 0 radical (unpaired) electrons. The molecular weight excluding hydrogens is 356 g/mol. The average molecular weight is 373 g/mol. The van der Waals surface area contributed by atoms with Crippen molar-refractivity contribution in [2.24, 2.45) is 0 Å². The SMILES string of the molecule is O=C(Nc1ccccc1NCC(=O)N1CCNC1=O)c1ccc(Cl)cc1. The van der Waals surface area contributed by atoms with E-state index in [0.717, 1.165) is 4.90 Å². The number of urea groups is 1. The van der Waals surface area contributed by atoms with Gasteiger partial charge in [-0.25, -0.2) is 4.79 Å². The van der Waals surface area contributed by atoms with Crippen LogP contribution in [0.25, 0.3) is 0 Å².